The number of hydrogen-bond donors (Lipinski definition) is 0. The average Bonchev–Trinajstić information content (AvgIpc) is 2.13. The Labute approximate surface area is 84.4 Å². The van der Waals surface area contributed by atoms with Crippen molar-refractivity contribution in [2.45, 2.75) is 13.1 Å². The second kappa shape index (κ2) is 4.25. The number of rotatable bonds is 2. The van der Waals surface area contributed by atoms with E-state index in [2.05, 4.69) is 4.98 Å². The first kappa shape index (κ1) is 11.4. The van der Waals surface area contributed by atoms with Crippen LogP contribution in [0.15, 0.2) is 30.1 Å². The standard InChI is InChI=1S/C10H8F3NO/c1-7(15)9(10(11,12)13)6-8-2-4-14-5-3-8/h2-6H,1H3. The summed E-state index contributed by atoms with van der Waals surface area (Å²) in [6.07, 6.45) is -1.08. The summed E-state index contributed by atoms with van der Waals surface area (Å²) >= 11 is 0. The summed E-state index contributed by atoms with van der Waals surface area (Å²) in [6.45, 7) is 0.889. The molecule has 0 spiro atoms. The van der Waals surface area contributed by atoms with Gasteiger partial charge in [0, 0.05) is 12.4 Å². The van der Waals surface area contributed by atoms with Gasteiger partial charge in [0.15, 0.2) is 5.78 Å². The van der Waals surface area contributed by atoms with Crippen molar-refractivity contribution in [3.63, 3.8) is 0 Å². The number of ketones is 1. The van der Waals surface area contributed by atoms with Crippen LogP contribution in [-0.4, -0.2) is 16.9 Å². The maximum atomic E-state index is 12.4. The number of aromatic nitrogens is 1. The monoisotopic (exact) mass is 215 g/mol. The van der Waals surface area contributed by atoms with E-state index in [-0.39, 0.29) is 0 Å². The van der Waals surface area contributed by atoms with E-state index in [0.717, 1.165) is 13.0 Å². The van der Waals surface area contributed by atoms with Crippen molar-refractivity contribution in [2.24, 2.45) is 0 Å². The molecule has 80 valence electrons. The zero-order chi connectivity index (χ0) is 11.5. The van der Waals surface area contributed by atoms with E-state index in [1.807, 2.05) is 0 Å². The Balaban J connectivity index is 3.12. The molecule has 0 N–H and O–H groups in total. The van der Waals surface area contributed by atoms with E-state index in [4.69, 9.17) is 0 Å². The number of allylic oxidation sites excluding steroid dienone is 1. The number of alkyl halides is 3. The third kappa shape index (κ3) is 3.19. The molecule has 1 aromatic heterocycles. The molecule has 0 atom stereocenters. The fourth-order valence-corrected chi connectivity index (χ4v) is 1.01. The molecule has 1 heterocycles. The van der Waals surface area contributed by atoms with Crippen LogP contribution < -0.4 is 0 Å². The molecule has 0 saturated heterocycles. The number of pyridine rings is 1. The molecule has 15 heavy (non-hydrogen) atoms. The first-order chi connectivity index (χ1) is 6.91. The predicted molar refractivity (Wildman–Crippen MR) is 49.0 cm³/mol. The highest BCUT2D eigenvalue weighted by Crippen LogP contribution is 2.27. The van der Waals surface area contributed by atoms with Crippen molar-refractivity contribution in [3.8, 4) is 0 Å². The zero-order valence-electron chi connectivity index (χ0n) is 7.88. The lowest BCUT2D eigenvalue weighted by Crippen LogP contribution is -2.17. The van der Waals surface area contributed by atoms with Crippen LogP contribution >= 0.6 is 0 Å². The molecule has 0 aromatic carbocycles. The smallest absolute Gasteiger partial charge is 0.295 e. The number of hydrogen-bond acceptors (Lipinski definition) is 2. The molecular formula is C10H8F3NO. The molecule has 5 heteroatoms. The van der Waals surface area contributed by atoms with Gasteiger partial charge in [-0.15, -0.1) is 0 Å². The van der Waals surface area contributed by atoms with Gasteiger partial charge >= 0.3 is 6.18 Å². The normalized spacial score (nSPS) is 12.7. The molecule has 0 bridgehead atoms. The van der Waals surface area contributed by atoms with E-state index < -0.39 is 17.5 Å². The van der Waals surface area contributed by atoms with Crippen molar-refractivity contribution in [1.82, 2.24) is 4.98 Å². The van der Waals surface area contributed by atoms with Gasteiger partial charge in [0.1, 0.15) is 0 Å². The third-order valence-electron chi connectivity index (χ3n) is 1.70. The highest BCUT2D eigenvalue weighted by molar-refractivity contribution is 5.99. The molecule has 0 aliphatic heterocycles. The largest absolute Gasteiger partial charge is 0.419 e. The van der Waals surface area contributed by atoms with E-state index in [1.54, 1.807) is 0 Å². The molecule has 0 saturated carbocycles. The number of halogens is 3. The second-order valence-electron chi connectivity index (χ2n) is 2.89. The van der Waals surface area contributed by atoms with Crippen molar-refractivity contribution in [1.29, 1.82) is 0 Å². The Kier molecular flexibility index (Phi) is 3.24. The summed E-state index contributed by atoms with van der Waals surface area (Å²) in [5.41, 5.74) is -0.860. The molecule has 0 aliphatic carbocycles. The van der Waals surface area contributed by atoms with Crippen LogP contribution in [0.4, 0.5) is 13.2 Å². The number of Topliss-reactive ketones (excluding diaryl/α,β-unsaturated/α-hetero) is 1. The van der Waals surface area contributed by atoms with Crippen LogP contribution in [0.2, 0.25) is 0 Å². The molecule has 0 unspecified atom stereocenters. The fraction of sp³-hybridized carbons (Fsp3) is 0.200. The molecule has 0 aliphatic rings. The van der Waals surface area contributed by atoms with Crippen LogP contribution in [0.1, 0.15) is 12.5 Å². The summed E-state index contributed by atoms with van der Waals surface area (Å²) < 4.78 is 37.1. The Hall–Kier alpha value is -1.65. The molecule has 1 aromatic rings. The van der Waals surface area contributed by atoms with E-state index in [1.165, 1.54) is 24.5 Å². The maximum Gasteiger partial charge on any atom is 0.419 e. The minimum Gasteiger partial charge on any atom is -0.295 e. The SMILES string of the molecule is CC(=O)C(=Cc1ccncc1)C(F)(F)F. The van der Waals surface area contributed by atoms with Crippen LogP contribution in [0.25, 0.3) is 6.08 Å². The number of carbonyl (C=O) groups excluding carboxylic acids is 1. The molecule has 2 nitrogen and oxygen atoms in total. The summed E-state index contributed by atoms with van der Waals surface area (Å²) in [5, 5.41) is 0. The minimum atomic E-state index is -4.62. The Bertz CT molecular complexity index is 381. The van der Waals surface area contributed by atoms with Crippen LogP contribution in [0.5, 0.6) is 0 Å². The first-order valence-corrected chi connectivity index (χ1v) is 4.11. The summed E-state index contributed by atoms with van der Waals surface area (Å²) in [4.78, 5) is 14.5. The van der Waals surface area contributed by atoms with Gasteiger partial charge in [-0.25, -0.2) is 0 Å². The summed E-state index contributed by atoms with van der Waals surface area (Å²) in [5.74, 6) is -1.00. The minimum absolute atomic E-state index is 0.299. The Morgan fingerprint density at radius 3 is 2.27 bits per heavy atom. The van der Waals surface area contributed by atoms with Gasteiger partial charge in [0.2, 0.25) is 0 Å². The number of nitrogens with zero attached hydrogens (tertiary/aromatic N) is 1. The highest BCUT2D eigenvalue weighted by Gasteiger charge is 2.36. The van der Waals surface area contributed by atoms with Crippen molar-refractivity contribution in [2.75, 3.05) is 0 Å². The predicted octanol–water partition coefficient (Wildman–Crippen LogP) is 2.62. The molecule has 0 fully saturated rings. The van der Waals surface area contributed by atoms with Gasteiger partial charge in [-0.05, 0) is 30.7 Å². The van der Waals surface area contributed by atoms with Gasteiger partial charge in [0.25, 0.3) is 0 Å². The molecular weight excluding hydrogens is 207 g/mol. The Morgan fingerprint density at radius 2 is 1.87 bits per heavy atom. The summed E-state index contributed by atoms with van der Waals surface area (Å²) in [7, 11) is 0. The van der Waals surface area contributed by atoms with E-state index >= 15 is 0 Å². The maximum absolute atomic E-state index is 12.4. The Morgan fingerprint density at radius 1 is 1.33 bits per heavy atom. The summed E-state index contributed by atoms with van der Waals surface area (Å²) in [6, 6.07) is 2.80. The van der Waals surface area contributed by atoms with Crippen LogP contribution in [0, 0.1) is 0 Å². The third-order valence-corrected chi connectivity index (χ3v) is 1.70. The van der Waals surface area contributed by atoms with Crippen molar-refractivity contribution in [3.05, 3.63) is 35.7 Å². The second-order valence-corrected chi connectivity index (χ2v) is 2.89. The van der Waals surface area contributed by atoms with Crippen LogP contribution in [0.3, 0.4) is 0 Å². The first-order valence-electron chi connectivity index (χ1n) is 4.11. The lowest BCUT2D eigenvalue weighted by molar-refractivity contribution is -0.126. The molecule has 0 amide bonds. The lowest BCUT2D eigenvalue weighted by Gasteiger charge is -2.07. The van der Waals surface area contributed by atoms with Gasteiger partial charge in [-0.2, -0.15) is 13.2 Å². The fourth-order valence-electron chi connectivity index (χ4n) is 1.01. The quantitative estimate of drug-likeness (QED) is 0.710. The number of carbonyl (C=O) groups is 1. The molecule has 0 radical (unpaired) electrons. The molecule has 1 rings (SSSR count). The van der Waals surface area contributed by atoms with Crippen LogP contribution in [-0.2, 0) is 4.79 Å². The van der Waals surface area contributed by atoms with Gasteiger partial charge in [-0.3, -0.25) is 9.78 Å². The highest BCUT2D eigenvalue weighted by atomic mass is 19.4. The van der Waals surface area contributed by atoms with E-state index in [9.17, 15) is 18.0 Å². The van der Waals surface area contributed by atoms with E-state index in [0.29, 0.717) is 5.56 Å². The topological polar surface area (TPSA) is 30.0 Å². The lowest BCUT2D eigenvalue weighted by atomic mass is 10.1. The van der Waals surface area contributed by atoms with Gasteiger partial charge < -0.3 is 0 Å². The van der Waals surface area contributed by atoms with Crippen molar-refractivity contribution < 1.29 is 18.0 Å². The van der Waals surface area contributed by atoms with Crippen molar-refractivity contribution >= 4 is 11.9 Å². The van der Waals surface area contributed by atoms with Gasteiger partial charge in [0.05, 0.1) is 5.57 Å². The zero-order valence-corrected chi connectivity index (χ0v) is 7.88. The van der Waals surface area contributed by atoms with Gasteiger partial charge in [-0.1, -0.05) is 0 Å². The average molecular weight is 215 g/mol.